The minimum atomic E-state index is -0.504. The molecule has 0 aromatic rings. The van der Waals surface area contributed by atoms with E-state index in [1.54, 1.807) is 0 Å². The predicted octanol–water partition coefficient (Wildman–Crippen LogP) is 3.34. The molecule has 0 aromatic carbocycles. The molecule has 6 nitrogen and oxygen atoms in total. The summed E-state index contributed by atoms with van der Waals surface area (Å²) >= 11 is 0. The smallest absolute Gasteiger partial charge is 0.147 e. The van der Waals surface area contributed by atoms with Crippen LogP contribution >= 0.6 is 0 Å². The van der Waals surface area contributed by atoms with Crippen molar-refractivity contribution in [1.29, 1.82) is 0 Å². The monoisotopic (exact) mass is 446 g/mol. The minimum absolute atomic E-state index is 0.0410. The molecule has 3 unspecified atom stereocenters. The van der Waals surface area contributed by atoms with E-state index in [1.165, 1.54) is 12.8 Å². The molecule has 4 aliphatic carbocycles. The molecule has 5 N–H and O–H groups in total. The maximum Gasteiger partial charge on any atom is 0.147 e. The van der Waals surface area contributed by atoms with Gasteiger partial charge in [0.25, 0.3) is 0 Å². The van der Waals surface area contributed by atoms with Crippen LogP contribution in [-0.4, -0.2) is 47.5 Å². The molecule has 5 aliphatic rings. The van der Waals surface area contributed by atoms with E-state index in [0.29, 0.717) is 29.1 Å². The minimum Gasteiger partial charge on any atom is -0.393 e. The molecule has 4 saturated carbocycles. The Morgan fingerprint density at radius 1 is 1.00 bits per heavy atom. The fourth-order valence-electron chi connectivity index (χ4n) is 8.99. The summed E-state index contributed by atoms with van der Waals surface area (Å²) in [5, 5.41) is 33.7. The number of fused-ring (bicyclic) bond motifs is 5. The number of hydrazone groups is 1. The highest BCUT2D eigenvalue weighted by Gasteiger charge is 2.66. The van der Waals surface area contributed by atoms with E-state index < -0.39 is 5.60 Å². The maximum atomic E-state index is 12.3. The summed E-state index contributed by atoms with van der Waals surface area (Å²) in [6.07, 6.45) is 15.3. The molecule has 0 amide bonds. The van der Waals surface area contributed by atoms with E-state index in [1.807, 2.05) is 6.21 Å². The highest BCUT2D eigenvalue weighted by molar-refractivity contribution is 5.56. The Morgan fingerprint density at radius 3 is 2.62 bits per heavy atom. The summed E-state index contributed by atoms with van der Waals surface area (Å²) in [5.41, 5.74) is 3.02. The molecule has 5 fully saturated rings. The van der Waals surface area contributed by atoms with Gasteiger partial charge in [-0.15, -0.1) is 0 Å². The summed E-state index contributed by atoms with van der Waals surface area (Å²) in [6.45, 7) is 6.97. The van der Waals surface area contributed by atoms with Crippen LogP contribution in [0.4, 0.5) is 0 Å². The lowest BCUT2D eigenvalue weighted by molar-refractivity contribution is -0.210. The number of rotatable bonds is 5. The van der Waals surface area contributed by atoms with Gasteiger partial charge < -0.3 is 10.2 Å². The second kappa shape index (κ2) is 8.83. The molecule has 0 radical (unpaired) electrons. The molecule has 0 aromatic heterocycles. The lowest BCUT2D eigenvalue weighted by Gasteiger charge is -2.63. The van der Waals surface area contributed by atoms with Crippen molar-refractivity contribution in [3.8, 4) is 0 Å². The summed E-state index contributed by atoms with van der Waals surface area (Å²) in [4.78, 5) is 0. The quantitative estimate of drug-likeness (QED) is 0.330. The van der Waals surface area contributed by atoms with E-state index in [9.17, 15) is 10.2 Å². The number of nitrogens with zero attached hydrogens (tertiary/aromatic N) is 1. The third-order valence-corrected chi connectivity index (χ3v) is 11.0. The first-order valence-electron chi connectivity index (χ1n) is 13.5. The Labute approximate surface area is 194 Å². The normalized spacial score (nSPS) is 49.4. The van der Waals surface area contributed by atoms with Crippen LogP contribution in [0.15, 0.2) is 5.10 Å². The van der Waals surface area contributed by atoms with Crippen LogP contribution in [-0.2, 0) is 0 Å². The third-order valence-electron chi connectivity index (χ3n) is 11.0. The first-order valence-corrected chi connectivity index (χ1v) is 13.5. The topological polar surface area (TPSA) is 88.9 Å². The molecule has 0 spiro atoms. The fraction of sp³-hybridized carbons (Fsp3) is 0.962. The van der Waals surface area contributed by atoms with Gasteiger partial charge in [-0.1, -0.05) is 13.8 Å². The van der Waals surface area contributed by atoms with Crippen molar-refractivity contribution in [2.24, 2.45) is 39.6 Å². The van der Waals surface area contributed by atoms with E-state index >= 15 is 0 Å². The summed E-state index contributed by atoms with van der Waals surface area (Å²) in [6, 6.07) is 0. The highest BCUT2D eigenvalue weighted by Crippen LogP contribution is 2.69. The van der Waals surface area contributed by atoms with Gasteiger partial charge in [-0.3, -0.25) is 16.1 Å². The lowest BCUT2D eigenvalue weighted by Crippen LogP contribution is -2.62. The number of aliphatic hydroxyl groups excluding tert-OH is 1. The van der Waals surface area contributed by atoms with E-state index in [4.69, 9.17) is 0 Å². The number of hydrogen-bond acceptors (Lipinski definition) is 6. The van der Waals surface area contributed by atoms with Crippen molar-refractivity contribution >= 4 is 6.21 Å². The van der Waals surface area contributed by atoms with Crippen LogP contribution in [0.3, 0.4) is 0 Å². The Balaban J connectivity index is 1.22. The zero-order chi connectivity index (χ0) is 22.4. The predicted molar refractivity (Wildman–Crippen MR) is 128 cm³/mol. The Morgan fingerprint density at radius 2 is 1.81 bits per heavy atom. The average Bonchev–Trinajstić information content (AvgIpc) is 3.06. The molecule has 5 rings (SSSR count). The summed E-state index contributed by atoms with van der Waals surface area (Å²) < 4.78 is 0. The zero-order valence-corrected chi connectivity index (χ0v) is 20.3. The van der Waals surface area contributed by atoms with Crippen LogP contribution in [0.2, 0.25) is 0 Å². The molecule has 1 aliphatic heterocycles. The van der Waals surface area contributed by atoms with E-state index in [2.05, 4.69) is 35.0 Å². The van der Waals surface area contributed by atoms with Gasteiger partial charge in [0.05, 0.1) is 11.7 Å². The summed E-state index contributed by atoms with van der Waals surface area (Å²) in [7, 11) is 0. The fourth-order valence-corrected chi connectivity index (χ4v) is 8.99. The Bertz CT molecular complexity index is 697. The van der Waals surface area contributed by atoms with Gasteiger partial charge in [-0.05, 0) is 125 Å². The van der Waals surface area contributed by atoms with Gasteiger partial charge in [0.1, 0.15) is 6.29 Å². The third kappa shape index (κ3) is 3.73. The largest absolute Gasteiger partial charge is 0.393 e. The van der Waals surface area contributed by atoms with Gasteiger partial charge in [0.15, 0.2) is 0 Å². The van der Waals surface area contributed by atoms with Gasteiger partial charge >= 0.3 is 0 Å². The van der Waals surface area contributed by atoms with Gasteiger partial charge in [0, 0.05) is 6.21 Å². The second-order valence-corrected chi connectivity index (χ2v) is 12.3. The number of aliphatic hydroxyl groups is 2. The lowest BCUT2D eigenvalue weighted by atomic mass is 9.43. The average molecular weight is 447 g/mol. The van der Waals surface area contributed by atoms with E-state index in [0.717, 1.165) is 77.3 Å². The van der Waals surface area contributed by atoms with Crippen molar-refractivity contribution in [1.82, 2.24) is 16.1 Å². The molecule has 0 bridgehead atoms. The van der Waals surface area contributed by atoms with Crippen molar-refractivity contribution in [2.75, 3.05) is 13.1 Å². The molecular weight excluding hydrogens is 400 g/mol. The Hall–Kier alpha value is -0.690. The van der Waals surface area contributed by atoms with Crippen LogP contribution in [0.25, 0.3) is 0 Å². The van der Waals surface area contributed by atoms with Crippen LogP contribution < -0.4 is 16.1 Å². The SMILES string of the molecule is C[C@]12CCC(O)CC1CC[C@@H]1[C@H]2CC[C@]2(C)C(CC/C=N\NC3NCCCN3)CC[C@@]12O. The molecule has 6 heteroatoms. The standard InChI is InChI=1S/C26H46N4O2/c1-24-11-9-20(31)17-19(24)6-7-22-21(24)10-12-25(2)18(8-13-26(22,25)32)5-3-16-29-30-23-27-14-4-15-28-23/h16,18-23,27-28,30-32H,3-15,17H2,1-2H3/b29-16-/t18?,19?,20?,21-,22-,24+,25-,26-/m1/s1. The zero-order valence-electron chi connectivity index (χ0n) is 20.3. The van der Waals surface area contributed by atoms with Gasteiger partial charge in [-0.25, -0.2) is 0 Å². The van der Waals surface area contributed by atoms with Gasteiger partial charge in [0.2, 0.25) is 0 Å². The van der Waals surface area contributed by atoms with Crippen molar-refractivity contribution < 1.29 is 10.2 Å². The first kappa shape index (κ1) is 23.1. The number of nitrogens with one attached hydrogen (secondary N) is 3. The molecule has 1 saturated heterocycles. The molecule has 8 atom stereocenters. The van der Waals surface area contributed by atoms with Crippen LogP contribution in [0.5, 0.6) is 0 Å². The second-order valence-electron chi connectivity index (χ2n) is 12.3. The molecule has 1 heterocycles. The first-order chi connectivity index (χ1) is 15.4. The van der Waals surface area contributed by atoms with Crippen molar-refractivity contribution in [2.45, 2.75) is 109 Å². The highest BCUT2D eigenvalue weighted by atomic mass is 16.3. The van der Waals surface area contributed by atoms with E-state index in [-0.39, 0.29) is 17.8 Å². The van der Waals surface area contributed by atoms with Gasteiger partial charge in [-0.2, -0.15) is 5.10 Å². The number of hydrogen-bond donors (Lipinski definition) is 5. The molecular formula is C26H46N4O2. The molecule has 182 valence electrons. The van der Waals surface area contributed by atoms with Crippen LogP contribution in [0, 0.1) is 34.5 Å². The van der Waals surface area contributed by atoms with Crippen molar-refractivity contribution in [3.05, 3.63) is 0 Å². The summed E-state index contributed by atoms with van der Waals surface area (Å²) in [5.74, 6) is 2.31. The molecule has 32 heavy (non-hydrogen) atoms. The maximum absolute atomic E-state index is 12.3. The Kier molecular flexibility index (Phi) is 6.36. The van der Waals surface area contributed by atoms with Crippen LogP contribution in [0.1, 0.15) is 90.9 Å². The van der Waals surface area contributed by atoms with Crippen molar-refractivity contribution in [3.63, 3.8) is 0 Å².